The minimum absolute atomic E-state index is 0.0451. The third-order valence-corrected chi connectivity index (χ3v) is 3.03. The van der Waals surface area contributed by atoms with E-state index < -0.39 is 41.8 Å². The van der Waals surface area contributed by atoms with Gasteiger partial charge in [0.15, 0.2) is 17.5 Å². The Bertz CT molecular complexity index is 758. The molecule has 0 aromatic heterocycles. The molecule has 0 spiro atoms. The molecule has 0 aliphatic rings. The zero-order chi connectivity index (χ0) is 18.6. The number of carbonyl (C=O) groups is 1. The highest BCUT2D eigenvalue weighted by Crippen LogP contribution is 2.20. The fourth-order valence-electron chi connectivity index (χ4n) is 1.85. The maximum atomic E-state index is 13.5. The van der Waals surface area contributed by atoms with Crippen molar-refractivity contribution in [1.29, 1.82) is 0 Å². The molecule has 0 unspecified atom stereocenters. The van der Waals surface area contributed by atoms with Gasteiger partial charge in [0.2, 0.25) is 0 Å². The van der Waals surface area contributed by atoms with E-state index in [4.69, 9.17) is 0 Å². The summed E-state index contributed by atoms with van der Waals surface area (Å²) >= 11 is 0. The first-order valence-electron chi connectivity index (χ1n) is 6.85. The summed E-state index contributed by atoms with van der Waals surface area (Å²) in [4.78, 5) is 11.9. The number of rotatable bonds is 5. The Morgan fingerprint density at radius 2 is 1.60 bits per heavy atom. The summed E-state index contributed by atoms with van der Waals surface area (Å²) in [5.74, 6) is -5.44. The molecular formula is C16H11F6NO2. The predicted octanol–water partition coefficient (Wildman–Crippen LogP) is 4.44. The molecule has 2 aromatic carbocycles. The van der Waals surface area contributed by atoms with Crippen LogP contribution in [0.4, 0.5) is 32.0 Å². The Balaban J connectivity index is 2.00. The average molecular weight is 363 g/mol. The van der Waals surface area contributed by atoms with Gasteiger partial charge in [-0.1, -0.05) is 12.1 Å². The molecule has 25 heavy (non-hydrogen) atoms. The minimum Gasteiger partial charge on any atom is -0.367 e. The van der Waals surface area contributed by atoms with Crippen molar-refractivity contribution in [3.8, 4) is 0 Å². The number of hydrogen-bond donors (Lipinski definition) is 1. The molecule has 2 aromatic rings. The normalized spacial score (nSPS) is 11.4. The zero-order valence-corrected chi connectivity index (χ0v) is 12.5. The largest absolute Gasteiger partial charge is 0.411 e. The number of carbonyl (C=O) groups excluding carboxylic acids is 1. The van der Waals surface area contributed by atoms with Gasteiger partial charge < -0.3 is 10.1 Å². The molecule has 0 saturated carbocycles. The van der Waals surface area contributed by atoms with E-state index in [0.29, 0.717) is 11.6 Å². The molecule has 0 heterocycles. The third kappa shape index (κ3) is 5.21. The molecule has 134 valence electrons. The predicted molar refractivity (Wildman–Crippen MR) is 76.4 cm³/mol. The summed E-state index contributed by atoms with van der Waals surface area (Å²) in [6.45, 7) is -1.70. The summed E-state index contributed by atoms with van der Waals surface area (Å²) in [5, 5.41) is 2.08. The van der Waals surface area contributed by atoms with E-state index in [-0.39, 0.29) is 12.2 Å². The standard InChI is InChI=1S/C16H11F6NO2/c17-11-5-6-12(14(19)13(11)18)23-15(24)10-3-1-9(2-4-10)7-25-8-16(20,21)22/h1-6H,7-8H2,(H,23,24). The number of hydrogen-bond acceptors (Lipinski definition) is 2. The summed E-state index contributed by atoms with van der Waals surface area (Å²) in [6, 6.07) is 6.79. The molecule has 9 heteroatoms. The lowest BCUT2D eigenvalue weighted by atomic mass is 10.1. The van der Waals surface area contributed by atoms with Crippen molar-refractivity contribution >= 4 is 11.6 Å². The van der Waals surface area contributed by atoms with E-state index in [9.17, 15) is 31.1 Å². The molecule has 3 nitrogen and oxygen atoms in total. The Hall–Kier alpha value is -2.55. The Morgan fingerprint density at radius 3 is 2.20 bits per heavy atom. The summed E-state index contributed by atoms with van der Waals surface area (Å²) in [6.07, 6.45) is -4.44. The van der Waals surface area contributed by atoms with E-state index in [2.05, 4.69) is 10.1 Å². The van der Waals surface area contributed by atoms with Crippen LogP contribution in [0.1, 0.15) is 15.9 Å². The van der Waals surface area contributed by atoms with Crippen molar-refractivity contribution in [2.75, 3.05) is 11.9 Å². The van der Waals surface area contributed by atoms with Crippen molar-refractivity contribution in [3.05, 3.63) is 65.0 Å². The topological polar surface area (TPSA) is 38.3 Å². The number of alkyl halides is 3. The number of halogens is 6. The van der Waals surface area contributed by atoms with Gasteiger partial charge in [0, 0.05) is 5.56 Å². The monoisotopic (exact) mass is 363 g/mol. The number of nitrogens with one attached hydrogen (secondary N) is 1. The first-order valence-corrected chi connectivity index (χ1v) is 6.85. The van der Waals surface area contributed by atoms with Crippen molar-refractivity contribution < 1.29 is 35.9 Å². The fourth-order valence-corrected chi connectivity index (χ4v) is 1.85. The first-order chi connectivity index (χ1) is 11.7. The Morgan fingerprint density at radius 1 is 0.960 bits per heavy atom. The Kier molecular flexibility index (Phi) is 5.68. The van der Waals surface area contributed by atoms with Crippen LogP contribution in [0.3, 0.4) is 0 Å². The second-order valence-electron chi connectivity index (χ2n) is 4.98. The fraction of sp³-hybridized carbons (Fsp3) is 0.188. The van der Waals surface area contributed by atoms with Gasteiger partial charge in [0.25, 0.3) is 5.91 Å². The van der Waals surface area contributed by atoms with Gasteiger partial charge in [-0.3, -0.25) is 4.79 Å². The molecule has 0 aliphatic carbocycles. The van der Waals surface area contributed by atoms with Crippen LogP contribution in [0.2, 0.25) is 0 Å². The maximum absolute atomic E-state index is 13.5. The highest BCUT2D eigenvalue weighted by molar-refractivity contribution is 6.04. The van der Waals surface area contributed by atoms with Crippen LogP contribution in [-0.2, 0) is 11.3 Å². The quantitative estimate of drug-likeness (QED) is 0.630. The van der Waals surface area contributed by atoms with Gasteiger partial charge in [-0.2, -0.15) is 13.2 Å². The van der Waals surface area contributed by atoms with E-state index in [0.717, 1.165) is 6.07 Å². The van der Waals surface area contributed by atoms with Crippen LogP contribution in [0.25, 0.3) is 0 Å². The first kappa shape index (κ1) is 18.8. The van der Waals surface area contributed by atoms with Crippen molar-refractivity contribution in [2.24, 2.45) is 0 Å². The number of anilines is 1. The van der Waals surface area contributed by atoms with Crippen LogP contribution < -0.4 is 5.32 Å². The molecule has 2 rings (SSSR count). The second kappa shape index (κ2) is 7.56. The van der Waals surface area contributed by atoms with Crippen LogP contribution in [0, 0.1) is 17.5 Å². The SMILES string of the molecule is O=C(Nc1ccc(F)c(F)c1F)c1ccc(COCC(F)(F)F)cc1. The van der Waals surface area contributed by atoms with Gasteiger partial charge >= 0.3 is 6.18 Å². The summed E-state index contributed by atoms with van der Waals surface area (Å²) in [5.41, 5.74) is -0.106. The van der Waals surface area contributed by atoms with Crippen molar-refractivity contribution in [3.63, 3.8) is 0 Å². The molecule has 1 amide bonds. The van der Waals surface area contributed by atoms with Crippen LogP contribution >= 0.6 is 0 Å². The second-order valence-corrected chi connectivity index (χ2v) is 4.98. The lowest BCUT2D eigenvalue weighted by Gasteiger charge is -2.09. The lowest BCUT2D eigenvalue weighted by molar-refractivity contribution is -0.176. The van der Waals surface area contributed by atoms with E-state index in [1.165, 1.54) is 24.3 Å². The highest BCUT2D eigenvalue weighted by Gasteiger charge is 2.27. The lowest BCUT2D eigenvalue weighted by Crippen LogP contribution is -2.17. The van der Waals surface area contributed by atoms with E-state index in [1.807, 2.05) is 0 Å². The molecule has 0 saturated heterocycles. The van der Waals surface area contributed by atoms with Gasteiger partial charge in [-0.05, 0) is 29.8 Å². The molecule has 1 N–H and O–H groups in total. The zero-order valence-electron chi connectivity index (χ0n) is 12.5. The number of ether oxygens (including phenoxy) is 1. The third-order valence-electron chi connectivity index (χ3n) is 3.03. The van der Waals surface area contributed by atoms with Crippen molar-refractivity contribution in [2.45, 2.75) is 12.8 Å². The molecule has 0 fully saturated rings. The van der Waals surface area contributed by atoms with E-state index in [1.54, 1.807) is 0 Å². The molecule has 0 bridgehead atoms. The molecule has 0 radical (unpaired) electrons. The molecular weight excluding hydrogens is 352 g/mol. The van der Waals surface area contributed by atoms with Crippen LogP contribution in [0.15, 0.2) is 36.4 Å². The summed E-state index contributed by atoms with van der Waals surface area (Å²) in [7, 11) is 0. The highest BCUT2D eigenvalue weighted by atomic mass is 19.4. The van der Waals surface area contributed by atoms with Crippen molar-refractivity contribution in [1.82, 2.24) is 0 Å². The van der Waals surface area contributed by atoms with Crippen LogP contribution in [-0.4, -0.2) is 18.7 Å². The van der Waals surface area contributed by atoms with Gasteiger partial charge in [-0.25, -0.2) is 13.2 Å². The average Bonchev–Trinajstić information content (AvgIpc) is 2.55. The van der Waals surface area contributed by atoms with Gasteiger partial charge in [0.1, 0.15) is 6.61 Å². The van der Waals surface area contributed by atoms with Gasteiger partial charge in [0.05, 0.1) is 12.3 Å². The molecule has 0 aliphatic heterocycles. The smallest absolute Gasteiger partial charge is 0.367 e. The number of amides is 1. The van der Waals surface area contributed by atoms with Gasteiger partial charge in [-0.15, -0.1) is 0 Å². The minimum atomic E-state index is -4.44. The number of benzene rings is 2. The Labute approximate surface area is 138 Å². The summed E-state index contributed by atoms with van der Waals surface area (Å²) < 4.78 is 79.8. The molecule has 0 atom stereocenters. The maximum Gasteiger partial charge on any atom is 0.411 e. The van der Waals surface area contributed by atoms with Crippen LogP contribution in [0.5, 0.6) is 0 Å². The van der Waals surface area contributed by atoms with E-state index >= 15 is 0 Å².